The standard InChI is InChI=1S/C35H47N3O7/c1-3-5-19-38-31(39)28(23-34(43)15-7-6-8-16-34)36-33(42)35(38)17-20-37(21-18-35)24-25-9-12-27(13-10-25)45-29-14-11-26(32(40)41)22-30(29)44-4-2/h9-14,22,28,43H,3-8,15-21,23-24H2,1-2H3,(H,36,42)(H,40,41)/t28-/m1/s1. The molecule has 1 saturated carbocycles. The fourth-order valence-corrected chi connectivity index (χ4v) is 7.07. The Morgan fingerprint density at radius 1 is 0.978 bits per heavy atom. The lowest BCUT2D eigenvalue weighted by molar-refractivity contribution is -0.163. The van der Waals surface area contributed by atoms with Gasteiger partial charge in [0.15, 0.2) is 11.5 Å². The van der Waals surface area contributed by atoms with Gasteiger partial charge in [-0.2, -0.15) is 0 Å². The molecule has 0 unspecified atom stereocenters. The molecule has 2 heterocycles. The molecular formula is C35H47N3O7. The molecule has 3 aliphatic rings. The van der Waals surface area contributed by atoms with Crippen molar-refractivity contribution in [2.45, 2.75) is 102 Å². The van der Waals surface area contributed by atoms with Crippen LogP contribution in [0.25, 0.3) is 0 Å². The average molecular weight is 622 g/mol. The Hall–Kier alpha value is -3.63. The van der Waals surface area contributed by atoms with Gasteiger partial charge in [0.1, 0.15) is 17.3 Å². The highest BCUT2D eigenvalue weighted by molar-refractivity contribution is 6.00. The first-order valence-electron chi connectivity index (χ1n) is 16.5. The molecule has 244 valence electrons. The molecule has 1 atom stereocenters. The summed E-state index contributed by atoms with van der Waals surface area (Å²) in [5.41, 5.74) is -0.503. The van der Waals surface area contributed by atoms with E-state index in [1.807, 2.05) is 36.1 Å². The van der Waals surface area contributed by atoms with Crippen molar-refractivity contribution in [1.82, 2.24) is 15.1 Å². The predicted molar refractivity (Wildman–Crippen MR) is 170 cm³/mol. The minimum Gasteiger partial charge on any atom is -0.490 e. The molecule has 0 bridgehead atoms. The number of carbonyl (C=O) groups excluding carboxylic acids is 2. The number of nitrogens with one attached hydrogen (secondary N) is 1. The van der Waals surface area contributed by atoms with E-state index >= 15 is 0 Å². The normalized spacial score (nSPS) is 21.4. The molecule has 5 rings (SSSR count). The first-order chi connectivity index (χ1) is 21.7. The Morgan fingerprint density at radius 3 is 2.33 bits per heavy atom. The van der Waals surface area contributed by atoms with Crippen molar-refractivity contribution in [1.29, 1.82) is 0 Å². The number of hydrogen-bond acceptors (Lipinski definition) is 7. The highest BCUT2D eigenvalue weighted by Gasteiger charge is 2.54. The van der Waals surface area contributed by atoms with E-state index in [1.54, 1.807) is 6.07 Å². The minimum absolute atomic E-state index is 0.0452. The monoisotopic (exact) mass is 621 g/mol. The SMILES string of the molecule is CCCCN1C(=O)[C@@H](CC2(O)CCCCC2)NC(=O)C12CCN(Cc1ccc(Oc3ccc(C(=O)O)cc3OCC)cc1)CC2. The maximum atomic E-state index is 13.8. The largest absolute Gasteiger partial charge is 0.490 e. The molecule has 2 aromatic carbocycles. The lowest BCUT2D eigenvalue weighted by atomic mass is 9.77. The number of rotatable bonds is 12. The lowest BCUT2D eigenvalue weighted by Gasteiger charge is -2.52. The Morgan fingerprint density at radius 2 is 1.69 bits per heavy atom. The molecule has 2 aliphatic heterocycles. The summed E-state index contributed by atoms with van der Waals surface area (Å²) >= 11 is 0. The number of hydrogen-bond donors (Lipinski definition) is 3. The maximum Gasteiger partial charge on any atom is 0.335 e. The number of piperidine rings is 1. The Balaban J connectivity index is 1.21. The number of carboxylic acid groups (broad SMARTS) is 1. The van der Waals surface area contributed by atoms with Crippen LogP contribution in [-0.4, -0.2) is 81.2 Å². The number of amides is 2. The zero-order chi connectivity index (χ0) is 32.0. The highest BCUT2D eigenvalue weighted by atomic mass is 16.5. The summed E-state index contributed by atoms with van der Waals surface area (Å²) in [6.07, 6.45) is 7.59. The number of nitrogens with zero attached hydrogens (tertiary/aromatic N) is 2. The van der Waals surface area contributed by atoms with Crippen LogP contribution < -0.4 is 14.8 Å². The average Bonchev–Trinajstić information content (AvgIpc) is 3.03. The van der Waals surface area contributed by atoms with E-state index in [1.165, 1.54) is 12.1 Å². The van der Waals surface area contributed by atoms with E-state index in [2.05, 4.69) is 17.1 Å². The second kappa shape index (κ2) is 14.2. The van der Waals surface area contributed by atoms with E-state index in [4.69, 9.17) is 9.47 Å². The van der Waals surface area contributed by atoms with Crippen LogP contribution in [-0.2, 0) is 16.1 Å². The Labute approximate surface area is 265 Å². The van der Waals surface area contributed by atoms with Crippen LogP contribution in [0.1, 0.15) is 94.0 Å². The number of aromatic carboxylic acids is 1. The van der Waals surface area contributed by atoms with Gasteiger partial charge in [-0.15, -0.1) is 0 Å². The Bertz CT molecular complexity index is 1350. The van der Waals surface area contributed by atoms with Gasteiger partial charge < -0.3 is 29.9 Å². The van der Waals surface area contributed by atoms with Crippen molar-refractivity contribution in [3.63, 3.8) is 0 Å². The lowest BCUT2D eigenvalue weighted by Crippen LogP contribution is -2.73. The van der Waals surface area contributed by atoms with Gasteiger partial charge in [0, 0.05) is 32.6 Å². The van der Waals surface area contributed by atoms with Crippen LogP contribution >= 0.6 is 0 Å². The van der Waals surface area contributed by atoms with Gasteiger partial charge in [0.2, 0.25) is 11.8 Å². The van der Waals surface area contributed by atoms with Crippen molar-refractivity contribution in [2.24, 2.45) is 0 Å². The molecule has 2 amide bonds. The molecule has 1 aliphatic carbocycles. The molecule has 1 spiro atoms. The topological polar surface area (TPSA) is 129 Å². The molecular weight excluding hydrogens is 574 g/mol. The van der Waals surface area contributed by atoms with Crippen LogP contribution in [0.4, 0.5) is 0 Å². The summed E-state index contributed by atoms with van der Waals surface area (Å²) in [5.74, 6) is 0.273. The first-order valence-corrected chi connectivity index (χ1v) is 16.5. The fraction of sp³-hybridized carbons (Fsp3) is 0.571. The highest BCUT2D eigenvalue weighted by Crippen LogP contribution is 2.38. The number of aliphatic hydroxyl groups is 1. The van der Waals surface area contributed by atoms with Crippen LogP contribution in [0.3, 0.4) is 0 Å². The van der Waals surface area contributed by atoms with E-state index in [0.717, 1.165) is 37.7 Å². The number of piperazine rings is 1. The van der Waals surface area contributed by atoms with Crippen LogP contribution in [0.2, 0.25) is 0 Å². The quantitative estimate of drug-likeness (QED) is 0.298. The van der Waals surface area contributed by atoms with E-state index in [9.17, 15) is 24.6 Å². The van der Waals surface area contributed by atoms with Crippen LogP contribution in [0, 0.1) is 0 Å². The summed E-state index contributed by atoms with van der Waals surface area (Å²) < 4.78 is 11.6. The van der Waals surface area contributed by atoms with Crippen molar-refractivity contribution in [3.8, 4) is 17.2 Å². The number of ether oxygens (including phenoxy) is 2. The van der Waals surface area contributed by atoms with E-state index < -0.39 is 23.2 Å². The van der Waals surface area contributed by atoms with Crippen molar-refractivity contribution < 1.29 is 34.1 Å². The summed E-state index contributed by atoms with van der Waals surface area (Å²) in [5, 5.41) is 23.5. The molecule has 10 nitrogen and oxygen atoms in total. The van der Waals surface area contributed by atoms with Gasteiger partial charge in [0.25, 0.3) is 0 Å². The van der Waals surface area contributed by atoms with Crippen molar-refractivity contribution in [2.75, 3.05) is 26.2 Å². The minimum atomic E-state index is -1.03. The summed E-state index contributed by atoms with van der Waals surface area (Å²) in [6, 6.07) is 11.6. The van der Waals surface area contributed by atoms with Gasteiger partial charge in [-0.25, -0.2) is 4.79 Å². The number of carbonyl (C=O) groups is 3. The first kappa shape index (κ1) is 32.8. The van der Waals surface area contributed by atoms with Gasteiger partial charge in [-0.3, -0.25) is 14.5 Å². The van der Waals surface area contributed by atoms with Gasteiger partial charge in [0.05, 0.1) is 17.8 Å². The van der Waals surface area contributed by atoms with Crippen LogP contribution in [0.15, 0.2) is 42.5 Å². The second-order valence-corrected chi connectivity index (χ2v) is 12.8. The number of likely N-dealkylation sites (tertiary alicyclic amines) is 1. The van der Waals surface area contributed by atoms with Crippen LogP contribution in [0.5, 0.6) is 17.2 Å². The van der Waals surface area contributed by atoms with Gasteiger partial charge in [-0.1, -0.05) is 44.7 Å². The molecule has 45 heavy (non-hydrogen) atoms. The van der Waals surface area contributed by atoms with Crippen molar-refractivity contribution in [3.05, 3.63) is 53.6 Å². The maximum absolute atomic E-state index is 13.8. The summed E-state index contributed by atoms with van der Waals surface area (Å²) in [6.45, 7) is 6.93. The third kappa shape index (κ3) is 7.44. The Kier molecular flexibility index (Phi) is 10.3. The van der Waals surface area contributed by atoms with Gasteiger partial charge >= 0.3 is 5.97 Å². The van der Waals surface area contributed by atoms with Gasteiger partial charge in [-0.05, 0) is 74.9 Å². The summed E-state index contributed by atoms with van der Waals surface area (Å²) in [7, 11) is 0. The fourth-order valence-electron chi connectivity index (χ4n) is 7.07. The zero-order valence-corrected chi connectivity index (χ0v) is 26.6. The molecule has 3 fully saturated rings. The molecule has 0 radical (unpaired) electrons. The van der Waals surface area contributed by atoms with E-state index in [0.29, 0.717) is 82.1 Å². The third-order valence-corrected chi connectivity index (χ3v) is 9.64. The molecule has 0 aromatic heterocycles. The molecule has 2 aromatic rings. The molecule has 3 N–H and O–H groups in total. The zero-order valence-electron chi connectivity index (χ0n) is 26.6. The summed E-state index contributed by atoms with van der Waals surface area (Å²) in [4.78, 5) is 43.1. The van der Waals surface area contributed by atoms with E-state index in [-0.39, 0.29) is 17.4 Å². The predicted octanol–water partition coefficient (Wildman–Crippen LogP) is 5.12. The van der Waals surface area contributed by atoms with Crippen molar-refractivity contribution >= 4 is 17.8 Å². The third-order valence-electron chi connectivity index (χ3n) is 9.64. The number of benzene rings is 2. The second-order valence-electron chi connectivity index (χ2n) is 12.8. The smallest absolute Gasteiger partial charge is 0.335 e. The molecule has 2 saturated heterocycles. The number of carboxylic acids is 1. The molecule has 10 heteroatoms. The number of unbranched alkanes of at least 4 members (excludes halogenated alkanes) is 1.